The summed E-state index contributed by atoms with van der Waals surface area (Å²) in [5.74, 6) is 0.554. The van der Waals surface area contributed by atoms with Crippen LogP contribution in [0.15, 0.2) is 54.0 Å². The Balaban J connectivity index is 1.54. The second kappa shape index (κ2) is 8.60. The molecule has 8 nitrogen and oxygen atoms in total. The number of aromatic amines is 1. The fourth-order valence-corrected chi connectivity index (χ4v) is 3.60. The van der Waals surface area contributed by atoms with Gasteiger partial charge in [0, 0.05) is 25.2 Å². The minimum Gasteiger partial charge on any atom is -0.378 e. The number of aromatic nitrogens is 3. The third-order valence-corrected chi connectivity index (χ3v) is 5.22. The number of benzene rings is 1. The highest BCUT2D eigenvalue weighted by atomic mass is 32.1. The molecule has 0 bridgehead atoms. The minimum atomic E-state index is -0.299. The van der Waals surface area contributed by atoms with Crippen LogP contribution in [0, 0.1) is 4.77 Å². The monoisotopic (exact) mass is 423 g/mol. The van der Waals surface area contributed by atoms with Crippen LogP contribution >= 0.6 is 12.2 Å². The summed E-state index contributed by atoms with van der Waals surface area (Å²) >= 11 is 5.25. The molecule has 154 valence electrons. The van der Waals surface area contributed by atoms with Crippen molar-refractivity contribution in [3.8, 4) is 0 Å². The number of rotatable bonds is 5. The van der Waals surface area contributed by atoms with Crippen molar-refractivity contribution in [1.29, 1.82) is 0 Å². The Hall–Kier alpha value is -3.30. The van der Waals surface area contributed by atoms with Crippen LogP contribution in [0.2, 0.25) is 0 Å². The van der Waals surface area contributed by atoms with Crippen LogP contribution in [0.25, 0.3) is 10.9 Å². The van der Waals surface area contributed by atoms with E-state index in [9.17, 15) is 9.59 Å². The highest BCUT2D eigenvalue weighted by Gasteiger charge is 2.13. The van der Waals surface area contributed by atoms with Crippen molar-refractivity contribution in [2.45, 2.75) is 6.54 Å². The van der Waals surface area contributed by atoms with E-state index >= 15 is 0 Å². The molecule has 1 amide bonds. The molecular formula is C21H21N5O3S. The van der Waals surface area contributed by atoms with Gasteiger partial charge in [-0.2, -0.15) is 0 Å². The summed E-state index contributed by atoms with van der Waals surface area (Å²) in [6.07, 6.45) is 3.24. The van der Waals surface area contributed by atoms with Gasteiger partial charge in [-0.25, -0.2) is 4.98 Å². The standard InChI is InChI=1S/C21H21N5O3S/c1-2-7-26-20(28)16-5-3-14(12-17(16)24-21(26)30)19(27)23-15-4-6-18(22-13-15)25-8-10-29-11-9-25/h2-6,12-13H,1,7-11H2,(H,23,27)(H,24,30). The first-order chi connectivity index (χ1) is 14.6. The number of nitrogens with one attached hydrogen (secondary N) is 2. The largest absolute Gasteiger partial charge is 0.378 e. The SMILES string of the molecule is C=CCn1c(=S)[nH]c2cc(C(=O)Nc3ccc(N4CCOCC4)nc3)ccc2c1=O. The number of carbonyl (C=O) groups excluding carboxylic acids is 1. The Morgan fingerprint density at radius 2 is 2.10 bits per heavy atom. The molecule has 1 aliphatic heterocycles. The lowest BCUT2D eigenvalue weighted by Gasteiger charge is -2.27. The average Bonchev–Trinajstić information content (AvgIpc) is 2.77. The number of hydrogen-bond donors (Lipinski definition) is 2. The molecule has 0 radical (unpaired) electrons. The van der Waals surface area contributed by atoms with E-state index in [0.717, 1.165) is 18.9 Å². The first-order valence-corrected chi connectivity index (χ1v) is 9.95. The number of H-pyrrole nitrogens is 1. The van der Waals surface area contributed by atoms with E-state index in [1.807, 2.05) is 12.1 Å². The van der Waals surface area contributed by atoms with Crippen LogP contribution in [0.3, 0.4) is 0 Å². The Kier molecular flexibility index (Phi) is 5.73. The molecule has 3 heterocycles. The summed E-state index contributed by atoms with van der Waals surface area (Å²) < 4.78 is 7.06. The molecule has 0 atom stereocenters. The molecular weight excluding hydrogens is 402 g/mol. The lowest BCUT2D eigenvalue weighted by Crippen LogP contribution is -2.36. The maximum Gasteiger partial charge on any atom is 0.262 e. The van der Waals surface area contributed by atoms with Gasteiger partial charge < -0.3 is 19.9 Å². The number of carbonyl (C=O) groups is 1. The van der Waals surface area contributed by atoms with Crippen molar-refractivity contribution in [3.05, 3.63) is 69.9 Å². The maximum absolute atomic E-state index is 12.7. The number of nitrogens with zero attached hydrogens (tertiary/aromatic N) is 3. The average molecular weight is 423 g/mol. The number of allylic oxidation sites excluding steroid dienone is 1. The number of morpholine rings is 1. The molecule has 0 spiro atoms. The predicted molar refractivity (Wildman–Crippen MR) is 119 cm³/mol. The number of anilines is 2. The highest BCUT2D eigenvalue weighted by molar-refractivity contribution is 7.71. The molecule has 3 aromatic rings. The molecule has 9 heteroatoms. The van der Waals surface area contributed by atoms with E-state index < -0.39 is 0 Å². The van der Waals surface area contributed by atoms with Crippen molar-refractivity contribution < 1.29 is 9.53 Å². The van der Waals surface area contributed by atoms with Crippen molar-refractivity contribution in [3.63, 3.8) is 0 Å². The van der Waals surface area contributed by atoms with Gasteiger partial charge in [0.1, 0.15) is 5.82 Å². The summed E-state index contributed by atoms with van der Waals surface area (Å²) in [4.78, 5) is 34.8. The van der Waals surface area contributed by atoms with E-state index in [-0.39, 0.29) is 16.2 Å². The molecule has 1 fully saturated rings. The molecule has 4 rings (SSSR count). The van der Waals surface area contributed by atoms with Gasteiger partial charge in [0.25, 0.3) is 11.5 Å². The Morgan fingerprint density at radius 1 is 1.30 bits per heavy atom. The van der Waals surface area contributed by atoms with Crippen LogP contribution < -0.4 is 15.8 Å². The molecule has 1 aromatic carbocycles. The predicted octanol–water partition coefficient (Wildman–Crippen LogP) is 2.73. The van der Waals surface area contributed by atoms with Gasteiger partial charge in [0.05, 0.1) is 36.0 Å². The Labute approximate surface area is 177 Å². The fraction of sp³-hybridized carbons (Fsp3) is 0.238. The Bertz CT molecular complexity index is 1210. The van der Waals surface area contributed by atoms with E-state index in [4.69, 9.17) is 17.0 Å². The Morgan fingerprint density at radius 3 is 2.80 bits per heavy atom. The van der Waals surface area contributed by atoms with E-state index in [0.29, 0.717) is 41.9 Å². The molecule has 0 unspecified atom stereocenters. The van der Waals surface area contributed by atoms with Crippen LogP contribution in [0.5, 0.6) is 0 Å². The van der Waals surface area contributed by atoms with Crippen molar-refractivity contribution >= 4 is 40.5 Å². The van der Waals surface area contributed by atoms with Gasteiger partial charge in [0.2, 0.25) is 0 Å². The maximum atomic E-state index is 12.7. The third kappa shape index (κ3) is 4.03. The lowest BCUT2D eigenvalue weighted by molar-refractivity contribution is 0.102. The molecule has 0 saturated carbocycles. The van der Waals surface area contributed by atoms with Crippen LogP contribution in [-0.4, -0.2) is 46.7 Å². The summed E-state index contributed by atoms with van der Waals surface area (Å²) in [6.45, 7) is 6.92. The summed E-state index contributed by atoms with van der Waals surface area (Å²) in [6, 6.07) is 8.55. The van der Waals surface area contributed by atoms with Gasteiger partial charge in [0.15, 0.2) is 4.77 Å². The molecule has 1 aliphatic rings. The third-order valence-electron chi connectivity index (χ3n) is 4.90. The second-order valence-electron chi connectivity index (χ2n) is 6.85. The quantitative estimate of drug-likeness (QED) is 0.484. The van der Waals surface area contributed by atoms with Gasteiger partial charge in [-0.3, -0.25) is 14.2 Å². The normalized spacial score (nSPS) is 13.9. The summed E-state index contributed by atoms with van der Waals surface area (Å²) in [5.41, 5.74) is 1.29. The summed E-state index contributed by atoms with van der Waals surface area (Å²) in [7, 11) is 0. The first kappa shape index (κ1) is 20.0. The number of amides is 1. The molecule has 0 aliphatic carbocycles. The minimum absolute atomic E-state index is 0.219. The van der Waals surface area contributed by atoms with Gasteiger partial charge in [-0.15, -0.1) is 6.58 Å². The van der Waals surface area contributed by atoms with E-state index in [1.165, 1.54) is 4.57 Å². The van der Waals surface area contributed by atoms with Crippen LogP contribution in [0.1, 0.15) is 10.4 Å². The van der Waals surface area contributed by atoms with Crippen LogP contribution in [0.4, 0.5) is 11.5 Å². The van der Waals surface area contributed by atoms with Gasteiger partial charge >= 0.3 is 0 Å². The summed E-state index contributed by atoms with van der Waals surface area (Å²) in [5, 5.41) is 3.29. The fourth-order valence-electron chi connectivity index (χ4n) is 3.33. The number of hydrogen-bond acceptors (Lipinski definition) is 6. The molecule has 2 aromatic heterocycles. The zero-order valence-corrected chi connectivity index (χ0v) is 17.1. The first-order valence-electron chi connectivity index (χ1n) is 9.54. The molecule has 30 heavy (non-hydrogen) atoms. The molecule has 1 saturated heterocycles. The molecule has 2 N–H and O–H groups in total. The zero-order chi connectivity index (χ0) is 21.1. The van der Waals surface area contributed by atoms with Crippen molar-refractivity contribution in [1.82, 2.24) is 14.5 Å². The van der Waals surface area contributed by atoms with E-state index in [1.54, 1.807) is 30.5 Å². The van der Waals surface area contributed by atoms with E-state index in [2.05, 4.69) is 26.8 Å². The van der Waals surface area contributed by atoms with Crippen molar-refractivity contribution in [2.75, 3.05) is 36.5 Å². The zero-order valence-electron chi connectivity index (χ0n) is 16.3. The van der Waals surface area contributed by atoms with Gasteiger partial charge in [-0.1, -0.05) is 6.08 Å². The number of ether oxygens (including phenoxy) is 1. The van der Waals surface area contributed by atoms with Gasteiger partial charge in [-0.05, 0) is 42.5 Å². The van der Waals surface area contributed by atoms with Crippen molar-refractivity contribution in [2.24, 2.45) is 0 Å². The smallest absolute Gasteiger partial charge is 0.262 e. The number of pyridine rings is 1. The van der Waals surface area contributed by atoms with Crippen LogP contribution in [-0.2, 0) is 11.3 Å². The topological polar surface area (TPSA) is 92.2 Å². The lowest BCUT2D eigenvalue weighted by atomic mass is 10.1. The number of fused-ring (bicyclic) bond motifs is 1. The highest BCUT2D eigenvalue weighted by Crippen LogP contribution is 2.17. The second-order valence-corrected chi connectivity index (χ2v) is 7.24.